The van der Waals surface area contributed by atoms with Crippen LogP contribution < -0.4 is 0 Å². The lowest BCUT2D eigenvalue weighted by molar-refractivity contribution is -0.141. The molecule has 0 amide bonds. The standard InChI is InChI=1S/C7H13NO4S/c1-13-3-2-8(4-6(9)10)5-7(11)12/h2-5H2,1H3,(H,9,10)(H,11,12). The van der Waals surface area contributed by atoms with Crippen molar-refractivity contribution in [2.24, 2.45) is 0 Å². The zero-order valence-electron chi connectivity index (χ0n) is 7.39. The number of aliphatic carboxylic acids is 2. The van der Waals surface area contributed by atoms with Crippen molar-refractivity contribution >= 4 is 23.7 Å². The first-order chi connectivity index (χ1) is 6.06. The number of carbonyl (C=O) groups is 2. The minimum Gasteiger partial charge on any atom is -0.480 e. The summed E-state index contributed by atoms with van der Waals surface area (Å²) in [6.07, 6.45) is 1.89. The second kappa shape index (κ2) is 6.73. The molecular formula is C7H13NO4S. The predicted octanol–water partition coefficient (Wildman–Crippen LogP) is -0.179. The summed E-state index contributed by atoms with van der Waals surface area (Å²) in [5, 5.41) is 16.9. The number of rotatable bonds is 7. The fraction of sp³-hybridized carbons (Fsp3) is 0.714. The number of carboxylic acids is 2. The van der Waals surface area contributed by atoms with E-state index in [2.05, 4.69) is 0 Å². The van der Waals surface area contributed by atoms with E-state index in [1.54, 1.807) is 11.8 Å². The highest BCUT2D eigenvalue weighted by molar-refractivity contribution is 7.98. The van der Waals surface area contributed by atoms with E-state index in [0.29, 0.717) is 6.54 Å². The van der Waals surface area contributed by atoms with Crippen molar-refractivity contribution in [2.75, 3.05) is 31.6 Å². The summed E-state index contributed by atoms with van der Waals surface area (Å²) in [5.41, 5.74) is 0. The quantitative estimate of drug-likeness (QED) is 0.603. The van der Waals surface area contributed by atoms with Crippen LogP contribution in [0.15, 0.2) is 0 Å². The smallest absolute Gasteiger partial charge is 0.317 e. The third-order valence-corrected chi connectivity index (χ3v) is 1.92. The van der Waals surface area contributed by atoms with Gasteiger partial charge in [-0.15, -0.1) is 0 Å². The van der Waals surface area contributed by atoms with E-state index >= 15 is 0 Å². The van der Waals surface area contributed by atoms with Crippen molar-refractivity contribution in [1.29, 1.82) is 0 Å². The Balaban J connectivity index is 3.87. The molecule has 5 nitrogen and oxygen atoms in total. The average Bonchev–Trinajstić information content (AvgIpc) is 1.98. The number of hydrogen-bond acceptors (Lipinski definition) is 4. The van der Waals surface area contributed by atoms with Gasteiger partial charge in [-0.25, -0.2) is 0 Å². The summed E-state index contributed by atoms with van der Waals surface area (Å²) >= 11 is 1.56. The molecule has 0 aliphatic heterocycles. The molecule has 6 heteroatoms. The van der Waals surface area contributed by atoms with Gasteiger partial charge < -0.3 is 10.2 Å². The van der Waals surface area contributed by atoms with Crippen LogP contribution in [0, 0.1) is 0 Å². The van der Waals surface area contributed by atoms with Crippen LogP contribution in [-0.2, 0) is 9.59 Å². The van der Waals surface area contributed by atoms with E-state index in [4.69, 9.17) is 10.2 Å². The van der Waals surface area contributed by atoms with Crippen LogP contribution in [0.5, 0.6) is 0 Å². The molecule has 0 saturated carbocycles. The Labute approximate surface area is 80.7 Å². The molecule has 13 heavy (non-hydrogen) atoms. The fourth-order valence-corrected chi connectivity index (χ4v) is 1.26. The van der Waals surface area contributed by atoms with Crippen LogP contribution in [0.1, 0.15) is 0 Å². The minimum atomic E-state index is -0.998. The summed E-state index contributed by atoms with van der Waals surface area (Å²) < 4.78 is 0. The molecular weight excluding hydrogens is 194 g/mol. The van der Waals surface area contributed by atoms with Gasteiger partial charge in [0.2, 0.25) is 0 Å². The van der Waals surface area contributed by atoms with E-state index in [9.17, 15) is 9.59 Å². The lowest BCUT2D eigenvalue weighted by atomic mass is 10.4. The van der Waals surface area contributed by atoms with Crippen LogP contribution in [0.4, 0.5) is 0 Å². The summed E-state index contributed by atoms with van der Waals surface area (Å²) in [6, 6.07) is 0. The Kier molecular flexibility index (Phi) is 6.34. The summed E-state index contributed by atoms with van der Waals surface area (Å²) in [6.45, 7) is 0.0550. The highest BCUT2D eigenvalue weighted by Gasteiger charge is 2.12. The normalized spacial score (nSPS) is 10.3. The molecule has 0 fully saturated rings. The van der Waals surface area contributed by atoms with Crippen molar-refractivity contribution in [2.45, 2.75) is 0 Å². The van der Waals surface area contributed by atoms with Crippen molar-refractivity contribution in [3.63, 3.8) is 0 Å². The molecule has 0 aliphatic carbocycles. The molecule has 0 rings (SSSR count). The molecule has 2 N–H and O–H groups in total. The Bertz CT molecular complexity index is 169. The molecule has 76 valence electrons. The number of carboxylic acid groups (broad SMARTS) is 2. The van der Waals surface area contributed by atoms with Crippen molar-refractivity contribution in [1.82, 2.24) is 4.90 Å². The van der Waals surface area contributed by atoms with Crippen LogP contribution in [0.2, 0.25) is 0 Å². The molecule has 0 heterocycles. The lowest BCUT2D eigenvalue weighted by Crippen LogP contribution is -2.36. The van der Waals surface area contributed by atoms with Gasteiger partial charge >= 0.3 is 11.9 Å². The van der Waals surface area contributed by atoms with Gasteiger partial charge in [0, 0.05) is 12.3 Å². The Morgan fingerprint density at radius 2 is 1.69 bits per heavy atom. The zero-order valence-corrected chi connectivity index (χ0v) is 8.21. The number of hydrogen-bond donors (Lipinski definition) is 2. The highest BCUT2D eigenvalue weighted by atomic mass is 32.2. The van der Waals surface area contributed by atoms with Crippen LogP contribution in [-0.4, -0.2) is 58.7 Å². The van der Waals surface area contributed by atoms with E-state index < -0.39 is 11.9 Å². The SMILES string of the molecule is CSCCN(CC(=O)O)CC(=O)O. The second-order valence-corrected chi connectivity index (χ2v) is 3.48. The molecule has 0 aromatic rings. The second-order valence-electron chi connectivity index (χ2n) is 2.49. The molecule has 0 saturated heterocycles. The lowest BCUT2D eigenvalue weighted by Gasteiger charge is -2.16. The van der Waals surface area contributed by atoms with Crippen molar-refractivity contribution in [3.8, 4) is 0 Å². The first-order valence-corrected chi connectivity index (χ1v) is 5.10. The highest BCUT2D eigenvalue weighted by Crippen LogP contribution is 1.95. The Morgan fingerprint density at radius 1 is 1.23 bits per heavy atom. The van der Waals surface area contributed by atoms with Gasteiger partial charge in [0.05, 0.1) is 13.1 Å². The number of nitrogens with zero attached hydrogens (tertiary/aromatic N) is 1. The average molecular weight is 207 g/mol. The van der Waals surface area contributed by atoms with Gasteiger partial charge in [0.1, 0.15) is 0 Å². The van der Waals surface area contributed by atoms with E-state index in [1.165, 1.54) is 4.90 Å². The van der Waals surface area contributed by atoms with E-state index in [-0.39, 0.29) is 13.1 Å². The third-order valence-electron chi connectivity index (χ3n) is 1.33. The first-order valence-electron chi connectivity index (χ1n) is 3.71. The van der Waals surface area contributed by atoms with E-state index in [0.717, 1.165) is 5.75 Å². The van der Waals surface area contributed by atoms with Gasteiger partial charge in [-0.1, -0.05) is 0 Å². The first kappa shape index (κ1) is 12.2. The predicted molar refractivity (Wildman–Crippen MR) is 50.1 cm³/mol. The summed E-state index contributed by atoms with van der Waals surface area (Å²) in [7, 11) is 0. The molecule has 0 aliphatic rings. The Hall–Kier alpha value is -0.750. The van der Waals surface area contributed by atoms with Crippen molar-refractivity contribution in [3.05, 3.63) is 0 Å². The molecule has 0 atom stereocenters. The maximum atomic E-state index is 10.3. The third kappa shape index (κ3) is 7.61. The van der Waals surface area contributed by atoms with Gasteiger partial charge in [0.15, 0.2) is 0 Å². The maximum Gasteiger partial charge on any atom is 0.317 e. The van der Waals surface area contributed by atoms with Crippen LogP contribution >= 0.6 is 11.8 Å². The molecule has 0 spiro atoms. The minimum absolute atomic E-state index is 0.215. The zero-order chi connectivity index (χ0) is 10.3. The van der Waals surface area contributed by atoms with Gasteiger partial charge in [-0.3, -0.25) is 14.5 Å². The monoisotopic (exact) mass is 207 g/mol. The molecule has 0 radical (unpaired) electrons. The molecule has 0 unspecified atom stereocenters. The Morgan fingerprint density at radius 3 is 2.00 bits per heavy atom. The molecule has 0 bridgehead atoms. The van der Waals surface area contributed by atoms with Crippen LogP contribution in [0.25, 0.3) is 0 Å². The maximum absolute atomic E-state index is 10.3. The molecule has 0 aromatic carbocycles. The van der Waals surface area contributed by atoms with Gasteiger partial charge in [-0.2, -0.15) is 11.8 Å². The van der Waals surface area contributed by atoms with Crippen molar-refractivity contribution < 1.29 is 19.8 Å². The largest absolute Gasteiger partial charge is 0.480 e. The molecule has 0 aromatic heterocycles. The fourth-order valence-electron chi connectivity index (χ4n) is 0.817. The topological polar surface area (TPSA) is 77.8 Å². The van der Waals surface area contributed by atoms with E-state index in [1.807, 2.05) is 6.26 Å². The van der Waals surface area contributed by atoms with Gasteiger partial charge in [-0.05, 0) is 6.26 Å². The van der Waals surface area contributed by atoms with Crippen LogP contribution in [0.3, 0.4) is 0 Å². The van der Waals surface area contributed by atoms with Gasteiger partial charge in [0.25, 0.3) is 0 Å². The summed E-state index contributed by atoms with van der Waals surface area (Å²) in [4.78, 5) is 22.0. The number of thioether (sulfide) groups is 1. The summed E-state index contributed by atoms with van der Waals surface area (Å²) in [5.74, 6) is -1.26.